The third kappa shape index (κ3) is 3.99. The number of aldehydes is 1. The minimum Gasteiger partial charge on any atom is -0.299 e. The maximum Gasteiger partial charge on any atom is 0.269 e. The van der Waals surface area contributed by atoms with Crippen molar-refractivity contribution in [3.05, 3.63) is 80.9 Å². The summed E-state index contributed by atoms with van der Waals surface area (Å²) in [5, 5.41) is 10.6. The number of nitro benzene ring substituents is 1. The van der Waals surface area contributed by atoms with Crippen LogP contribution in [0.2, 0.25) is 0 Å². The molecule has 0 N–H and O–H groups in total. The van der Waals surface area contributed by atoms with E-state index in [1.807, 2.05) is 37.3 Å². The Kier molecular flexibility index (Phi) is 4.98. The van der Waals surface area contributed by atoms with Gasteiger partial charge >= 0.3 is 0 Å². The van der Waals surface area contributed by atoms with Crippen LogP contribution in [0.3, 0.4) is 0 Å². The second kappa shape index (κ2) is 7.13. The van der Waals surface area contributed by atoms with Crippen molar-refractivity contribution < 1.29 is 9.72 Å². The predicted octanol–water partition coefficient (Wildman–Crippen LogP) is 4.29. The number of aryl methyl sites for hydroxylation is 1. The molecule has 0 radical (unpaired) electrons. The van der Waals surface area contributed by atoms with Crippen LogP contribution >= 0.6 is 0 Å². The second-order valence-corrected chi connectivity index (χ2v) is 4.81. The van der Waals surface area contributed by atoms with Gasteiger partial charge in [0, 0.05) is 12.1 Å². The minimum atomic E-state index is -0.420. The van der Waals surface area contributed by atoms with Crippen LogP contribution in [0.1, 0.15) is 22.3 Å². The van der Waals surface area contributed by atoms with E-state index in [2.05, 4.69) is 0 Å². The number of nitrogens with zero attached hydrogens (tertiary/aromatic N) is 1. The van der Waals surface area contributed by atoms with E-state index >= 15 is 0 Å². The number of allylic oxidation sites excluding steroid dienone is 1. The normalized spacial score (nSPS) is 11.1. The lowest BCUT2D eigenvalue weighted by atomic mass is 10.0. The molecule has 0 amide bonds. The van der Waals surface area contributed by atoms with Crippen LogP contribution in [-0.4, -0.2) is 11.2 Å². The molecule has 0 heterocycles. The number of carbonyl (C=O) groups excluding carboxylic acids is 1. The molecule has 0 aromatic heterocycles. The van der Waals surface area contributed by atoms with E-state index in [9.17, 15) is 14.9 Å². The molecular weight excluding hydrogens is 278 g/mol. The van der Waals surface area contributed by atoms with Crippen molar-refractivity contribution in [1.29, 1.82) is 0 Å². The third-order valence-corrected chi connectivity index (χ3v) is 3.16. The van der Waals surface area contributed by atoms with Gasteiger partial charge in [-0.05, 0) is 41.8 Å². The van der Waals surface area contributed by atoms with Crippen molar-refractivity contribution in [1.82, 2.24) is 0 Å². The molecule has 0 aliphatic heterocycles. The molecule has 4 nitrogen and oxygen atoms in total. The molecule has 0 aliphatic carbocycles. The first-order chi connectivity index (χ1) is 10.6. The van der Waals surface area contributed by atoms with Gasteiger partial charge in [-0.25, -0.2) is 0 Å². The van der Waals surface area contributed by atoms with Gasteiger partial charge in [0.25, 0.3) is 5.69 Å². The molecule has 0 fully saturated rings. The highest BCUT2D eigenvalue weighted by Gasteiger charge is 2.02. The molecule has 2 aromatic rings. The second-order valence-electron chi connectivity index (χ2n) is 4.81. The number of nitro groups is 1. The Morgan fingerprint density at radius 1 is 0.955 bits per heavy atom. The smallest absolute Gasteiger partial charge is 0.269 e. The highest BCUT2D eigenvalue weighted by molar-refractivity contribution is 5.80. The molecule has 0 bridgehead atoms. The summed E-state index contributed by atoms with van der Waals surface area (Å²) in [6.45, 7) is 2.00. The summed E-state index contributed by atoms with van der Waals surface area (Å²) in [5.41, 5.74) is 3.98. The fraction of sp³-hybridized carbons (Fsp3) is 0.0556. The molecule has 0 unspecified atom stereocenters. The van der Waals surface area contributed by atoms with Crippen LogP contribution in [0.5, 0.6) is 0 Å². The number of non-ortho nitro benzene ring substituents is 1. The van der Waals surface area contributed by atoms with E-state index in [0.717, 1.165) is 28.5 Å². The number of hydrogen-bond donors (Lipinski definition) is 0. The van der Waals surface area contributed by atoms with E-state index in [1.165, 1.54) is 18.2 Å². The number of rotatable bonds is 5. The molecule has 22 heavy (non-hydrogen) atoms. The summed E-state index contributed by atoms with van der Waals surface area (Å²) < 4.78 is 0. The molecule has 2 aromatic carbocycles. The zero-order valence-electron chi connectivity index (χ0n) is 12.1. The van der Waals surface area contributed by atoms with Gasteiger partial charge in [-0.3, -0.25) is 14.9 Å². The van der Waals surface area contributed by atoms with E-state index in [4.69, 9.17) is 0 Å². The van der Waals surface area contributed by atoms with Crippen molar-refractivity contribution in [2.45, 2.75) is 6.92 Å². The maximum atomic E-state index is 10.6. The first kappa shape index (κ1) is 15.4. The van der Waals surface area contributed by atoms with Crippen molar-refractivity contribution >= 4 is 30.2 Å². The summed E-state index contributed by atoms with van der Waals surface area (Å²) in [7, 11) is 0. The van der Waals surface area contributed by atoms with Gasteiger partial charge in [-0.15, -0.1) is 0 Å². The molecule has 2 rings (SSSR count). The average molecular weight is 293 g/mol. The van der Waals surface area contributed by atoms with E-state index in [1.54, 1.807) is 18.2 Å². The van der Waals surface area contributed by atoms with Crippen LogP contribution in [0.15, 0.2) is 48.5 Å². The van der Waals surface area contributed by atoms with Crippen LogP contribution in [-0.2, 0) is 4.79 Å². The van der Waals surface area contributed by atoms with Crippen molar-refractivity contribution in [2.75, 3.05) is 0 Å². The quantitative estimate of drug-likeness (QED) is 0.272. The van der Waals surface area contributed by atoms with Crippen molar-refractivity contribution in [3.8, 4) is 0 Å². The van der Waals surface area contributed by atoms with Crippen LogP contribution in [0, 0.1) is 17.0 Å². The Labute approximate surface area is 128 Å². The van der Waals surface area contributed by atoms with Gasteiger partial charge in [0.1, 0.15) is 6.29 Å². The number of carbonyl (C=O) groups is 1. The lowest BCUT2D eigenvalue weighted by molar-refractivity contribution is -0.384. The Morgan fingerprint density at radius 3 is 2.32 bits per heavy atom. The standard InChI is InChI=1S/C18H15NO3/c1-14-4-8-16(3-2-12-20)17(13-14)9-5-15-6-10-18(11-7-15)19(21)22/h2-13H,1H3/b3-2+,9-5+. The maximum absolute atomic E-state index is 10.6. The summed E-state index contributed by atoms with van der Waals surface area (Å²) in [5.74, 6) is 0. The zero-order valence-corrected chi connectivity index (χ0v) is 12.1. The van der Waals surface area contributed by atoms with Crippen LogP contribution in [0.4, 0.5) is 5.69 Å². The highest BCUT2D eigenvalue weighted by Crippen LogP contribution is 2.18. The van der Waals surface area contributed by atoms with Gasteiger partial charge in [0.05, 0.1) is 4.92 Å². The molecule has 0 spiro atoms. The summed E-state index contributed by atoms with van der Waals surface area (Å²) in [4.78, 5) is 20.7. The highest BCUT2D eigenvalue weighted by atomic mass is 16.6. The Balaban J connectivity index is 2.28. The summed E-state index contributed by atoms with van der Waals surface area (Å²) in [6.07, 6.45) is 7.76. The minimum absolute atomic E-state index is 0.0716. The van der Waals surface area contributed by atoms with Gasteiger partial charge in [0.15, 0.2) is 0 Å². The molecule has 0 aliphatic rings. The lowest BCUT2D eigenvalue weighted by Gasteiger charge is -2.03. The fourth-order valence-corrected chi connectivity index (χ4v) is 2.03. The monoisotopic (exact) mass is 293 g/mol. The molecular formula is C18H15NO3. The first-order valence-electron chi connectivity index (χ1n) is 6.75. The van der Waals surface area contributed by atoms with Gasteiger partial charge in [-0.1, -0.05) is 42.0 Å². The average Bonchev–Trinajstić information content (AvgIpc) is 2.52. The molecule has 0 saturated heterocycles. The molecule has 4 heteroatoms. The van der Waals surface area contributed by atoms with Gasteiger partial charge in [-0.2, -0.15) is 0 Å². The van der Waals surface area contributed by atoms with Gasteiger partial charge in [0.2, 0.25) is 0 Å². The largest absolute Gasteiger partial charge is 0.299 e. The molecule has 0 saturated carbocycles. The topological polar surface area (TPSA) is 60.2 Å². The van der Waals surface area contributed by atoms with E-state index in [0.29, 0.717) is 0 Å². The Bertz CT molecular complexity index is 743. The molecule has 0 atom stereocenters. The lowest BCUT2D eigenvalue weighted by Crippen LogP contribution is -1.86. The number of benzene rings is 2. The SMILES string of the molecule is Cc1ccc(/C=C/C=O)c(/C=C/c2ccc([N+](=O)[O-])cc2)c1. The van der Waals surface area contributed by atoms with Crippen LogP contribution in [0.25, 0.3) is 18.2 Å². The first-order valence-corrected chi connectivity index (χ1v) is 6.75. The Hall–Kier alpha value is -3.01. The molecule has 110 valence electrons. The van der Waals surface area contributed by atoms with Crippen LogP contribution < -0.4 is 0 Å². The van der Waals surface area contributed by atoms with Crippen molar-refractivity contribution in [2.24, 2.45) is 0 Å². The summed E-state index contributed by atoms with van der Waals surface area (Å²) >= 11 is 0. The van der Waals surface area contributed by atoms with E-state index < -0.39 is 4.92 Å². The van der Waals surface area contributed by atoms with Gasteiger partial charge < -0.3 is 0 Å². The zero-order chi connectivity index (χ0) is 15.9. The third-order valence-electron chi connectivity index (χ3n) is 3.16. The predicted molar refractivity (Wildman–Crippen MR) is 88.3 cm³/mol. The van der Waals surface area contributed by atoms with Crippen molar-refractivity contribution in [3.63, 3.8) is 0 Å². The summed E-state index contributed by atoms with van der Waals surface area (Å²) in [6, 6.07) is 12.3. The fourth-order valence-electron chi connectivity index (χ4n) is 2.03. The number of hydrogen-bond acceptors (Lipinski definition) is 3. The van der Waals surface area contributed by atoms with E-state index in [-0.39, 0.29) is 5.69 Å². The Morgan fingerprint density at radius 2 is 1.68 bits per heavy atom.